The van der Waals surface area contributed by atoms with Crippen molar-refractivity contribution in [3.63, 3.8) is 0 Å². The van der Waals surface area contributed by atoms with E-state index in [2.05, 4.69) is 5.32 Å². The fourth-order valence-corrected chi connectivity index (χ4v) is 1.90. The van der Waals surface area contributed by atoms with E-state index in [-0.39, 0.29) is 12.1 Å². The molecule has 86 valence electrons. The zero-order valence-corrected chi connectivity index (χ0v) is 9.91. The van der Waals surface area contributed by atoms with E-state index in [1.807, 2.05) is 6.92 Å². The Balaban J connectivity index is 2.43. The van der Waals surface area contributed by atoms with Crippen molar-refractivity contribution in [1.82, 2.24) is 5.32 Å². The molecule has 0 fully saturated rings. The van der Waals surface area contributed by atoms with Gasteiger partial charge in [0.05, 0.1) is 12.2 Å². The molecule has 1 atom stereocenters. The largest absolute Gasteiger partial charge is 0.487 e. The highest BCUT2D eigenvalue weighted by Gasteiger charge is 2.27. The number of halogens is 1. The lowest BCUT2D eigenvalue weighted by Crippen LogP contribution is -2.46. The topological polar surface area (TPSA) is 41.6 Å². The Labute approximate surface area is 99.1 Å². The monoisotopic (exact) mass is 240 g/mol. The standard InChI is InChI=1S/C11H13ClN2O2/c1-7-6-14(11(15)13-2)9-5-8(12)3-4-10(9)16-7/h3-5,7H,6H2,1-2H3,(H,13,15)/t7-/m1/s1. The van der Waals surface area contributed by atoms with E-state index in [1.54, 1.807) is 30.1 Å². The second-order valence-corrected chi connectivity index (χ2v) is 4.14. The van der Waals surface area contributed by atoms with Crippen LogP contribution in [0.25, 0.3) is 0 Å². The summed E-state index contributed by atoms with van der Waals surface area (Å²) < 4.78 is 5.63. The van der Waals surface area contributed by atoms with Gasteiger partial charge in [-0.2, -0.15) is 0 Å². The zero-order chi connectivity index (χ0) is 11.7. The molecule has 0 bridgehead atoms. The number of carbonyl (C=O) groups is 1. The average Bonchev–Trinajstić information content (AvgIpc) is 2.27. The molecule has 5 heteroatoms. The van der Waals surface area contributed by atoms with Crippen LogP contribution in [0.5, 0.6) is 5.75 Å². The number of nitrogens with one attached hydrogen (secondary N) is 1. The molecule has 1 aliphatic rings. The van der Waals surface area contributed by atoms with E-state index in [1.165, 1.54) is 0 Å². The number of benzene rings is 1. The van der Waals surface area contributed by atoms with Crippen molar-refractivity contribution in [3.8, 4) is 5.75 Å². The summed E-state index contributed by atoms with van der Waals surface area (Å²) in [5.74, 6) is 0.687. The summed E-state index contributed by atoms with van der Waals surface area (Å²) in [5.41, 5.74) is 0.713. The van der Waals surface area contributed by atoms with E-state index in [0.717, 1.165) is 0 Å². The highest BCUT2D eigenvalue weighted by Crippen LogP contribution is 2.35. The average molecular weight is 241 g/mol. The third-order valence-electron chi connectivity index (χ3n) is 2.44. The molecule has 1 N–H and O–H groups in total. The summed E-state index contributed by atoms with van der Waals surface area (Å²) in [6, 6.07) is 5.11. The molecular formula is C11H13ClN2O2. The number of fused-ring (bicyclic) bond motifs is 1. The zero-order valence-electron chi connectivity index (χ0n) is 9.16. The molecule has 0 unspecified atom stereocenters. The van der Waals surface area contributed by atoms with Gasteiger partial charge in [-0.1, -0.05) is 11.6 Å². The van der Waals surface area contributed by atoms with Gasteiger partial charge >= 0.3 is 6.03 Å². The first-order valence-electron chi connectivity index (χ1n) is 5.07. The number of carbonyl (C=O) groups excluding carboxylic acids is 1. The lowest BCUT2D eigenvalue weighted by molar-refractivity contribution is 0.206. The molecule has 4 nitrogen and oxygen atoms in total. The first-order chi connectivity index (χ1) is 7.61. The summed E-state index contributed by atoms with van der Waals surface area (Å²) in [4.78, 5) is 13.3. The van der Waals surface area contributed by atoms with Gasteiger partial charge in [0.25, 0.3) is 0 Å². The molecule has 1 aliphatic heterocycles. The molecule has 0 radical (unpaired) electrons. The van der Waals surface area contributed by atoms with Gasteiger partial charge in [-0.15, -0.1) is 0 Å². The van der Waals surface area contributed by atoms with E-state index >= 15 is 0 Å². The molecule has 1 aromatic carbocycles. The summed E-state index contributed by atoms with van der Waals surface area (Å²) in [5, 5.41) is 3.19. The Morgan fingerprint density at radius 3 is 3.06 bits per heavy atom. The lowest BCUT2D eigenvalue weighted by Gasteiger charge is -2.33. The minimum absolute atomic E-state index is 0.0222. The van der Waals surface area contributed by atoms with Crippen molar-refractivity contribution in [3.05, 3.63) is 23.2 Å². The number of hydrogen-bond acceptors (Lipinski definition) is 2. The van der Waals surface area contributed by atoms with Crippen LogP contribution < -0.4 is 15.0 Å². The number of ether oxygens (including phenoxy) is 1. The quantitative estimate of drug-likeness (QED) is 0.756. The van der Waals surface area contributed by atoms with E-state index in [9.17, 15) is 4.79 Å². The molecule has 1 aromatic rings. The highest BCUT2D eigenvalue weighted by molar-refractivity contribution is 6.31. The molecule has 16 heavy (non-hydrogen) atoms. The maximum atomic E-state index is 11.7. The van der Waals surface area contributed by atoms with Gasteiger partial charge in [0.15, 0.2) is 0 Å². The van der Waals surface area contributed by atoms with Crippen molar-refractivity contribution >= 4 is 23.3 Å². The second-order valence-electron chi connectivity index (χ2n) is 3.71. The van der Waals surface area contributed by atoms with Crippen LogP contribution in [0.15, 0.2) is 18.2 Å². The third-order valence-corrected chi connectivity index (χ3v) is 2.67. The molecule has 0 aliphatic carbocycles. The van der Waals surface area contributed by atoms with Crippen molar-refractivity contribution < 1.29 is 9.53 Å². The number of urea groups is 1. The molecule has 0 saturated heterocycles. The molecular weight excluding hydrogens is 228 g/mol. The Kier molecular flexibility index (Phi) is 2.92. The minimum Gasteiger partial charge on any atom is -0.487 e. The van der Waals surface area contributed by atoms with E-state index in [4.69, 9.17) is 16.3 Å². The van der Waals surface area contributed by atoms with Gasteiger partial charge in [-0.25, -0.2) is 4.79 Å². The predicted octanol–water partition coefficient (Wildman–Crippen LogP) is 2.27. The molecule has 2 rings (SSSR count). The van der Waals surface area contributed by atoms with Gasteiger partial charge in [0, 0.05) is 12.1 Å². The van der Waals surface area contributed by atoms with Crippen LogP contribution >= 0.6 is 11.6 Å². The van der Waals surface area contributed by atoms with Gasteiger partial charge in [-0.3, -0.25) is 4.90 Å². The smallest absolute Gasteiger partial charge is 0.321 e. The van der Waals surface area contributed by atoms with E-state index in [0.29, 0.717) is 23.0 Å². The first-order valence-corrected chi connectivity index (χ1v) is 5.45. The SMILES string of the molecule is CNC(=O)N1C[C@@H](C)Oc2ccc(Cl)cc21. The molecule has 0 saturated carbocycles. The Morgan fingerprint density at radius 1 is 1.62 bits per heavy atom. The van der Waals surface area contributed by atoms with Gasteiger partial charge in [-0.05, 0) is 25.1 Å². The first kappa shape index (κ1) is 11.1. The highest BCUT2D eigenvalue weighted by atomic mass is 35.5. The molecule has 0 aromatic heterocycles. The van der Waals surface area contributed by atoms with Crippen molar-refractivity contribution in [1.29, 1.82) is 0 Å². The van der Waals surface area contributed by atoms with Crippen LogP contribution in [0.1, 0.15) is 6.92 Å². The Bertz CT molecular complexity index is 422. The molecule has 2 amide bonds. The van der Waals surface area contributed by atoms with Crippen LogP contribution in [0, 0.1) is 0 Å². The van der Waals surface area contributed by atoms with Crippen LogP contribution in [0.3, 0.4) is 0 Å². The predicted molar refractivity (Wildman–Crippen MR) is 63.3 cm³/mol. The van der Waals surface area contributed by atoms with Crippen molar-refractivity contribution in [2.24, 2.45) is 0 Å². The fraction of sp³-hybridized carbons (Fsp3) is 0.364. The maximum Gasteiger partial charge on any atom is 0.321 e. The molecule has 1 heterocycles. The van der Waals surface area contributed by atoms with Crippen LogP contribution in [0.2, 0.25) is 5.02 Å². The van der Waals surface area contributed by atoms with Gasteiger partial charge in [0.2, 0.25) is 0 Å². The molecule has 0 spiro atoms. The van der Waals surface area contributed by atoms with Crippen molar-refractivity contribution in [2.75, 3.05) is 18.5 Å². The van der Waals surface area contributed by atoms with Crippen molar-refractivity contribution in [2.45, 2.75) is 13.0 Å². The number of hydrogen-bond donors (Lipinski definition) is 1. The normalized spacial score (nSPS) is 18.7. The number of nitrogens with zero attached hydrogens (tertiary/aromatic N) is 1. The Morgan fingerprint density at radius 2 is 2.38 bits per heavy atom. The maximum absolute atomic E-state index is 11.7. The summed E-state index contributed by atoms with van der Waals surface area (Å²) in [7, 11) is 1.60. The second kappa shape index (κ2) is 4.22. The fourth-order valence-electron chi connectivity index (χ4n) is 1.74. The van der Waals surface area contributed by atoms with Crippen LogP contribution in [-0.4, -0.2) is 25.7 Å². The number of amides is 2. The number of anilines is 1. The minimum atomic E-state index is -0.154. The summed E-state index contributed by atoms with van der Waals surface area (Å²) in [6.07, 6.45) is -0.0222. The Hall–Kier alpha value is -1.42. The van der Waals surface area contributed by atoms with Crippen LogP contribution in [-0.2, 0) is 0 Å². The lowest BCUT2D eigenvalue weighted by atomic mass is 10.2. The van der Waals surface area contributed by atoms with Gasteiger partial charge < -0.3 is 10.1 Å². The third kappa shape index (κ3) is 1.93. The number of rotatable bonds is 0. The van der Waals surface area contributed by atoms with Crippen LogP contribution in [0.4, 0.5) is 10.5 Å². The summed E-state index contributed by atoms with van der Waals surface area (Å²) >= 11 is 5.91. The summed E-state index contributed by atoms with van der Waals surface area (Å²) in [6.45, 7) is 2.44. The van der Waals surface area contributed by atoms with E-state index < -0.39 is 0 Å². The van der Waals surface area contributed by atoms with Gasteiger partial charge in [0.1, 0.15) is 11.9 Å².